The molecule has 2 atom stereocenters. The molecule has 12 heteroatoms. The smallest absolute Gasteiger partial charge is 0.341 e. The normalized spacial score (nSPS) is 14.1. The Morgan fingerprint density at radius 3 is 2.30 bits per heavy atom. The molecule has 0 saturated heterocycles. The summed E-state index contributed by atoms with van der Waals surface area (Å²) < 4.78 is 16.2. The number of carbonyl (C=O) groups excluding carboxylic acids is 4. The van der Waals surface area contributed by atoms with Crippen molar-refractivity contribution in [3.63, 3.8) is 0 Å². The van der Waals surface area contributed by atoms with Crippen molar-refractivity contribution >= 4 is 63.6 Å². The summed E-state index contributed by atoms with van der Waals surface area (Å²) >= 11 is 2.79. The number of nitrogens with one attached hydrogen (secondary N) is 3. The molecule has 1 aliphatic rings. The minimum atomic E-state index is -0.572. The first-order valence-corrected chi connectivity index (χ1v) is 19.9. The minimum absolute atomic E-state index is 0.0237. The molecule has 0 radical (unpaired) electrons. The van der Waals surface area contributed by atoms with Crippen molar-refractivity contribution in [2.75, 3.05) is 32.0 Å². The first kappa shape index (κ1) is 39.8. The van der Waals surface area contributed by atoms with Crippen molar-refractivity contribution in [3.05, 3.63) is 142 Å². The highest BCUT2D eigenvalue weighted by molar-refractivity contribution is 8.00. The van der Waals surface area contributed by atoms with Crippen LogP contribution >= 0.6 is 23.1 Å². The highest BCUT2D eigenvalue weighted by atomic mass is 32.2. The molecule has 56 heavy (non-hydrogen) atoms. The van der Waals surface area contributed by atoms with Gasteiger partial charge in [-0.05, 0) is 85.2 Å². The van der Waals surface area contributed by atoms with Crippen LogP contribution in [0.1, 0.15) is 68.0 Å². The lowest BCUT2D eigenvalue weighted by Gasteiger charge is -2.22. The topological polar surface area (TPSA) is 132 Å². The summed E-state index contributed by atoms with van der Waals surface area (Å²) in [5, 5.41) is 8.71. The lowest BCUT2D eigenvalue weighted by Crippen LogP contribution is -2.30. The third kappa shape index (κ3) is 9.32. The Kier molecular flexibility index (Phi) is 13.3. The van der Waals surface area contributed by atoms with Crippen LogP contribution < -0.4 is 25.4 Å². The number of thiophene rings is 1. The quantitative estimate of drug-likeness (QED) is 0.0579. The maximum atomic E-state index is 13.9. The number of esters is 1. The van der Waals surface area contributed by atoms with Gasteiger partial charge in [-0.3, -0.25) is 14.4 Å². The van der Waals surface area contributed by atoms with Crippen LogP contribution in [0.25, 0.3) is 6.08 Å². The summed E-state index contributed by atoms with van der Waals surface area (Å²) in [7, 11) is 4.37. The summed E-state index contributed by atoms with van der Waals surface area (Å²) in [4.78, 5) is 55.8. The molecule has 0 fully saturated rings. The fourth-order valence-electron chi connectivity index (χ4n) is 6.65. The number of para-hydroxylation sites is 1. The fraction of sp³-hybridized carbons (Fsp3) is 0.227. The zero-order chi connectivity index (χ0) is 39.6. The lowest BCUT2D eigenvalue weighted by molar-refractivity contribution is -0.116. The van der Waals surface area contributed by atoms with Crippen molar-refractivity contribution in [2.24, 2.45) is 0 Å². The zero-order valence-corrected chi connectivity index (χ0v) is 33.2. The van der Waals surface area contributed by atoms with Crippen LogP contribution in [-0.2, 0) is 27.2 Å². The van der Waals surface area contributed by atoms with E-state index in [0.29, 0.717) is 51.2 Å². The monoisotopic (exact) mass is 789 g/mol. The molecule has 2 unspecified atom stereocenters. The van der Waals surface area contributed by atoms with Gasteiger partial charge in [-0.25, -0.2) is 4.79 Å². The molecular weight excluding hydrogens is 747 g/mol. The number of fused-ring (bicyclic) bond motifs is 1. The molecule has 1 aliphatic carbocycles. The molecule has 0 bridgehead atoms. The second-order valence-electron chi connectivity index (χ2n) is 13.0. The van der Waals surface area contributed by atoms with E-state index in [1.54, 1.807) is 66.7 Å². The maximum absolute atomic E-state index is 13.9. The van der Waals surface area contributed by atoms with E-state index in [-0.39, 0.29) is 11.6 Å². The molecule has 288 valence electrons. The van der Waals surface area contributed by atoms with Gasteiger partial charge in [0.15, 0.2) is 11.5 Å². The van der Waals surface area contributed by atoms with E-state index < -0.39 is 23.0 Å². The second-order valence-corrected chi connectivity index (χ2v) is 15.4. The summed E-state index contributed by atoms with van der Waals surface area (Å²) in [6.07, 6.45) is 4.44. The lowest BCUT2D eigenvalue weighted by atomic mass is 9.83. The second kappa shape index (κ2) is 18.7. The molecular formula is C44H43N3O7S2. The first-order chi connectivity index (χ1) is 27.2. The Hall–Kier alpha value is -5.85. The molecule has 6 rings (SSSR count). The van der Waals surface area contributed by atoms with E-state index in [1.165, 1.54) is 56.1 Å². The number of anilines is 2. The molecule has 3 amide bonds. The van der Waals surface area contributed by atoms with Gasteiger partial charge in [-0.1, -0.05) is 73.7 Å². The number of amides is 3. The number of hydrogen-bond acceptors (Lipinski definition) is 9. The standard InChI is InChI=1S/C44H43N3O7S2/c1-5-36(42(50)47-43-38(44(51)54-4)33-23-22-29(25-37(33)56-43)27-14-8-6-9-15-27)55-32-20-13-19-31(26-32)45-41(49)34(46-40(48)28-16-10-7-11-17-28)24-30-18-12-21-35(52-2)39(30)53-3/h6-21,24,26,29,36H,5,22-23,25H2,1-4H3,(H,45,49)(H,46,48)(H,47,50)/b34-24+. The van der Waals surface area contributed by atoms with Crippen LogP contribution in [0.4, 0.5) is 10.7 Å². The summed E-state index contributed by atoms with van der Waals surface area (Å²) in [5.41, 5.74) is 3.98. The van der Waals surface area contributed by atoms with Crippen LogP contribution in [-0.4, -0.2) is 50.3 Å². The molecule has 0 spiro atoms. The summed E-state index contributed by atoms with van der Waals surface area (Å²) in [5.74, 6) is -0.541. The van der Waals surface area contributed by atoms with Gasteiger partial charge >= 0.3 is 5.97 Å². The molecule has 0 aliphatic heterocycles. The Morgan fingerprint density at radius 2 is 1.61 bits per heavy atom. The third-order valence-corrected chi connectivity index (χ3v) is 12.0. The number of hydrogen-bond donors (Lipinski definition) is 3. The number of rotatable bonds is 14. The van der Waals surface area contributed by atoms with Crippen molar-refractivity contribution in [1.29, 1.82) is 0 Å². The predicted octanol–water partition coefficient (Wildman–Crippen LogP) is 8.74. The van der Waals surface area contributed by atoms with E-state index in [4.69, 9.17) is 14.2 Å². The van der Waals surface area contributed by atoms with Gasteiger partial charge in [0, 0.05) is 26.6 Å². The van der Waals surface area contributed by atoms with Gasteiger partial charge in [0.2, 0.25) is 5.91 Å². The van der Waals surface area contributed by atoms with Gasteiger partial charge in [0.05, 0.1) is 32.1 Å². The SMILES string of the molecule is CCC(Sc1cccc(NC(=O)/C(=C\c2cccc(OC)c2OC)NC(=O)c2ccccc2)c1)C(=O)Nc1sc2c(c1C(=O)OC)CCC(c1ccccc1)C2. The molecule has 1 heterocycles. The van der Waals surface area contributed by atoms with Crippen molar-refractivity contribution in [3.8, 4) is 11.5 Å². The molecule has 0 saturated carbocycles. The van der Waals surface area contributed by atoms with Crippen LogP contribution in [0.2, 0.25) is 0 Å². The molecule has 3 N–H and O–H groups in total. The first-order valence-electron chi connectivity index (χ1n) is 18.2. The molecule has 4 aromatic carbocycles. The Balaban J connectivity index is 1.20. The highest BCUT2D eigenvalue weighted by Gasteiger charge is 2.32. The third-order valence-electron chi connectivity index (χ3n) is 9.46. The Morgan fingerprint density at radius 1 is 0.875 bits per heavy atom. The van der Waals surface area contributed by atoms with Gasteiger partial charge in [-0.2, -0.15) is 0 Å². The predicted molar refractivity (Wildman–Crippen MR) is 222 cm³/mol. The zero-order valence-electron chi connectivity index (χ0n) is 31.5. The van der Waals surface area contributed by atoms with Gasteiger partial charge < -0.3 is 30.2 Å². The Bertz CT molecular complexity index is 2240. The number of ether oxygens (including phenoxy) is 3. The molecule has 1 aromatic heterocycles. The number of thioether (sulfide) groups is 1. The van der Waals surface area contributed by atoms with E-state index in [9.17, 15) is 19.2 Å². The van der Waals surface area contributed by atoms with Gasteiger partial charge in [0.1, 0.15) is 10.7 Å². The Labute approximate surface area is 334 Å². The van der Waals surface area contributed by atoms with Crippen LogP contribution in [0.3, 0.4) is 0 Å². The largest absolute Gasteiger partial charge is 0.493 e. The van der Waals surface area contributed by atoms with E-state index in [0.717, 1.165) is 34.6 Å². The number of carbonyl (C=O) groups is 4. The minimum Gasteiger partial charge on any atom is -0.493 e. The highest BCUT2D eigenvalue weighted by Crippen LogP contribution is 2.43. The molecule has 5 aromatic rings. The van der Waals surface area contributed by atoms with E-state index in [2.05, 4.69) is 28.1 Å². The van der Waals surface area contributed by atoms with Crippen LogP contribution in [0.5, 0.6) is 11.5 Å². The van der Waals surface area contributed by atoms with E-state index in [1.807, 2.05) is 31.2 Å². The fourth-order valence-corrected chi connectivity index (χ4v) is 8.98. The van der Waals surface area contributed by atoms with Crippen molar-refractivity contribution in [2.45, 2.75) is 48.7 Å². The average Bonchev–Trinajstić information content (AvgIpc) is 3.59. The van der Waals surface area contributed by atoms with E-state index >= 15 is 0 Å². The summed E-state index contributed by atoms with van der Waals surface area (Å²) in [6, 6.07) is 31.3. The van der Waals surface area contributed by atoms with Gasteiger partial charge in [-0.15, -0.1) is 23.1 Å². The van der Waals surface area contributed by atoms with Crippen LogP contribution in [0.15, 0.2) is 114 Å². The number of methoxy groups -OCH3 is 3. The number of benzene rings is 4. The summed E-state index contributed by atoms with van der Waals surface area (Å²) in [6.45, 7) is 1.92. The molecule has 10 nitrogen and oxygen atoms in total. The van der Waals surface area contributed by atoms with Crippen LogP contribution in [0, 0.1) is 0 Å². The average molecular weight is 790 g/mol. The van der Waals surface area contributed by atoms with Crippen molar-refractivity contribution in [1.82, 2.24) is 5.32 Å². The van der Waals surface area contributed by atoms with Gasteiger partial charge in [0.25, 0.3) is 11.8 Å². The maximum Gasteiger partial charge on any atom is 0.341 e. The van der Waals surface area contributed by atoms with Crippen molar-refractivity contribution < 1.29 is 33.4 Å².